The van der Waals surface area contributed by atoms with Gasteiger partial charge in [-0.05, 0) is 25.0 Å². The lowest BCUT2D eigenvalue weighted by atomic mass is 9.97. The zero-order chi connectivity index (χ0) is 15.4. The van der Waals surface area contributed by atoms with Crippen molar-refractivity contribution in [3.05, 3.63) is 51.8 Å². The van der Waals surface area contributed by atoms with E-state index in [4.69, 9.17) is 22.2 Å². The van der Waals surface area contributed by atoms with Gasteiger partial charge in [-0.1, -0.05) is 35.4 Å². The SMILES string of the molecule is COCCn1ncc(Cl)c1C(NN)c1cc(C)ccc1C. The number of nitrogens with zero attached hydrogens (tertiary/aromatic N) is 2. The molecule has 0 saturated heterocycles. The van der Waals surface area contributed by atoms with E-state index < -0.39 is 0 Å². The standard InChI is InChI=1S/C15H21ClN4O/c1-10-4-5-11(2)12(8-10)14(19-17)15-13(16)9-18-20(15)6-7-21-3/h4-5,8-9,14,19H,6-7,17H2,1-3H3. The summed E-state index contributed by atoms with van der Waals surface area (Å²) in [5, 5.41) is 4.90. The highest BCUT2D eigenvalue weighted by atomic mass is 35.5. The van der Waals surface area contributed by atoms with Crippen LogP contribution in [-0.4, -0.2) is 23.5 Å². The van der Waals surface area contributed by atoms with Gasteiger partial charge in [0.1, 0.15) is 0 Å². The molecule has 0 aliphatic rings. The molecule has 3 N–H and O–H groups in total. The van der Waals surface area contributed by atoms with E-state index >= 15 is 0 Å². The largest absolute Gasteiger partial charge is 0.383 e. The summed E-state index contributed by atoms with van der Waals surface area (Å²) in [5.74, 6) is 5.80. The maximum Gasteiger partial charge on any atom is 0.0896 e. The topological polar surface area (TPSA) is 65.1 Å². The van der Waals surface area contributed by atoms with Crippen molar-refractivity contribution < 1.29 is 4.74 Å². The van der Waals surface area contributed by atoms with E-state index in [0.717, 1.165) is 16.8 Å². The van der Waals surface area contributed by atoms with Gasteiger partial charge in [0.25, 0.3) is 0 Å². The highest BCUT2D eigenvalue weighted by Gasteiger charge is 2.22. The first-order valence-corrected chi connectivity index (χ1v) is 7.19. The second kappa shape index (κ2) is 7.04. The molecule has 0 amide bonds. The van der Waals surface area contributed by atoms with Crippen LogP contribution in [0.15, 0.2) is 24.4 Å². The number of hydrogen-bond acceptors (Lipinski definition) is 4. The van der Waals surface area contributed by atoms with Crippen LogP contribution >= 0.6 is 11.6 Å². The van der Waals surface area contributed by atoms with E-state index in [1.807, 2.05) is 4.68 Å². The van der Waals surface area contributed by atoms with Gasteiger partial charge in [-0.3, -0.25) is 10.5 Å². The summed E-state index contributed by atoms with van der Waals surface area (Å²) in [6.45, 7) is 5.31. The van der Waals surface area contributed by atoms with Crippen LogP contribution in [0.25, 0.3) is 0 Å². The molecule has 0 radical (unpaired) electrons. The Labute approximate surface area is 130 Å². The van der Waals surface area contributed by atoms with Crippen LogP contribution in [0.2, 0.25) is 5.02 Å². The predicted octanol–water partition coefficient (Wildman–Crippen LogP) is 2.35. The van der Waals surface area contributed by atoms with Gasteiger partial charge < -0.3 is 4.74 Å². The van der Waals surface area contributed by atoms with Crippen LogP contribution < -0.4 is 11.3 Å². The summed E-state index contributed by atoms with van der Waals surface area (Å²) in [6, 6.07) is 6.07. The van der Waals surface area contributed by atoms with Crippen LogP contribution in [0.5, 0.6) is 0 Å². The normalized spacial score (nSPS) is 12.6. The fourth-order valence-electron chi connectivity index (χ4n) is 2.40. The van der Waals surface area contributed by atoms with Gasteiger partial charge in [0.15, 0.2) is 0 Å². The molecule has 5 nitrogen and oxygen atoms in total. The third kappa shape index (κ3) is 3.44. The number of nitrogens with one attached hydrogen (secondary N) is 1. The van der Waals surface area contributed by atoms with Gasteiger partial charge >= 0.3 is 0 Å². The summed E-state index contributed by atoms with van der Waals surface area (Å²) in [7, 11) is 1.66. The maximum atomic E-state index is 6.32. The number of methoxy groups -OCH3 is 1. The molecule has 0 aliphatic carbocycles. The predicted molar refractivity (Wildman–Crippen MR) is 84.2 cm³/mol. The Kier molecular flexibility index (Phi) is 5.36. The Morgan fingerprint density at radius 3 is 2.86 bits per heavy atom. The highest BCUT2D eigenvalue weighted by molar-refractivity contribution is 6.31. The van der Waals surface area contributed by atoms with Crippen LogP contribution in [0.3, 0.4) is 0 Å². The highest BCUT2D eigenvalue weighted by Crippen LogP contribution is 2.30. The van der Waals surface area contributed by atoms with Gasteiger partial charge in [-0.15, -0.1) is 0 Å². The van der Waals surface area contributed by atoms with Crippen molar-refractivity contribution in [2.24, 2.45) is 5.84 Å². The number of aryl methyl sites for hydroxylation is 2. The molecule has 1 atom stereocenters. The molecular weight excluding hydrogens is 288 g/mol. The van der Waals surface area contributed by atoms with E-state index in [1.165, 1.54) is 5.56 Å². The van der Waals surface area contributed by atoms with E-state index in [2.05, 4.69) is 42.6 Å². The van der Waals surface area contributed by atoms with Crippen molar-refractivity contribution >= 4 is 11.6 Å². The first-order valence-electron chi connectivity index (χ1n) is 6.82. The minimum Gasteiger partial charge on any atom is -0.383 e. The molecule has 0 saturated carbocycles. The molecule has 21 heavy (non-hydrogen) atoms. The zero-order valence-electron chi connectivity index (χ0n) is 12.6. The van der Waals surface area contributed by atoms with Crippen molar-refractivity contribution in [2.45, 2.75) is 26.4 Å². The number of rotatable bonds is 6. The second-order valence-electron chi connectivity index (χ2n) is 5.05. The quantitative estimate of drug-likeness (QED) is 0.635. The molecule has 1 unspecified atom stereocenters. The molecule has 1 aromatic carbocycles. The van der Waals surface area contributed by atoms with E-state index in [-0.39, 0.29) is 6.04 Å². The Morgan fingerprint density at radius 2 is 2.19 bits per heavy atom. The van der Waals surface area contributed by atoms with E-state index in [9.17, 15) is 0 Å². The molecule has 1 heterocycles. The fraction of sp³-hybridized carbons (Fsp3) is 0.400. The first-order chi connectivity index (χ1) is 10.1. The molecule has 2 aromatic rings. The number of ether oxygens (including phenoxy) is 1. The Balaban J connectivity index is 2.46. The Morgan fingerprint density at radius 1 is 1.43 bits per heavy atom. The van der Waals surface area contributed by atoms with Crippen LogP contribution in [0, 0.1) is 13.8 Å². The molecule has 0 fully saturated rings. The third-order valence-electron chi connectivity index (χ3n) is 3.53. The lowest BCUT2D eigenvalue weighted by Gasteiger charge is -2.21. The van der Waals surface area contributed by atoms with Crippen molar-refractivity contribution in [1.82, 2.24) is 15.2 Å². The number of hydrogen-bond donors (Lipinski definition) is 2. The fourth-order valence-corrected chi connectivity index (χ4v) is 2.65. The van der Waals surface area contributed by atoms with Crippen molar-refractivity contribution in [2.75, 3.05) is 13.7 Å². The van der Waals surface area contributed by atoms with Gasteiger partial charge in [0, 0.05) is 7.11 Å². The van der Waals surface area contributed by atoms with Gasteiger partial charge in [0.05, 0.1) is 36.1 Å². The average Bonchev–Trinajstić information content (AvgIpc) is 2.83. The van der Waals surface area contributed by atoms with Gasteiger partial charge in [0.2, 0.25) is 0 Å². The molecule has 2 rings (SSSR count). The third-order valence-corrected chi connectivity index (χ3v) is 3.82. The van der Waals surface area contributed by atoms with Crippen LogP contribution in [-0.2, 0) is 11.3 Å². The molecule has 0 aliphatic heterocycles. The summed E-state index contributed by atoms with van der Waals surface area (Å²) >= 11 is 6.32. The van der Waals surface area contributed by atoms with Gasteiger partial charge in [-0.25, -0.2) is 5.43 Å². The first kappa shape index (κ1) is 16.0. The van der Waals surface area contributed by atoms with Crippen molar-refractivity contribution in [3.63, 3.8) is 0 Å². The zero-order valence-corrected chi connectivity index (χ0v) is 13.3. The Hall–Kier alpha value is -1.40. The second-order valence-corrected chi connectivity index (χ2v) is 5.46. The smallest absolute Gasteiger partial charge is 0.0896 e. The molecule has 1 aromatic heterocycles. The van der Waals surface area contributed by atoms with Crippen LogP contribution in [0.1, 0.15) is 28.4 Å². The number of aromatic nitrogens is 2. The lowest BCUT2D eigenvalue weighted by molar-refractivity contribution is 0.182. The van der Waals surface area contributed by atoms with Crippen LogP contribution in [0.4, 0.5) is 0 Å². The minimum absolute atomic E-state index is 0.211. The van der Waals surface area contributed by atoms with Crippen molar-refractivity contribution in [3.8, 4) is 0 Å². The summed E-state index contributed by atoms with van der Waals surface area (Å²) in [6.07, 6.45) is 1.64. The Bertz CT molecular complexity index is 612. The monoisotopic (exact) mass is 308 g/mol. The molecular formula is C15H21ClN4O. The summed E-state index contributed by atoms with van der Waals surface area (Å²) in [4.78, 5) is 0. The number of nitrogens with two attached hydrogens (primary N) is 1. The number of hydrazine groups is 1. The summed E-state index contributed by atoms with van der Waals surface area (Å²) in [5.41, 5.74) is 7.14. The van der Waals surface area contributed by atoms with E-state index in [0.29, 0.717) is 18.2 Å². The number of halogens is 1. The molecule has 0 spiro atoms. The molecule has 6 heteroatoms. The lowest BCUT2D eigenvalue weighted by Crippen LogP contribution is -2.32. The molecule has 0 bridgehead atoms. The summed E-state index contributed by atoms with van der Waals surface area (Å²) < 4.78 is 6.95. The molecule has 114 valence electrons. The van der Waals surface area contributed by atoms with E-state index in [1.54, 1.807) is 13.3 Å². The van der Waals surface area contributed by atoms with Crippen molar-refractivity contribution in [1.29, 1.82) is 0 Å². The average molecular weight is 309 g/mol. The maximum absolute atomic E-state index is 6.32. The van der Waals surface area contributed by atoms with Gasteiger partial charge in [-0.2, -0.15) is 5.10 Å². The number of benzene rings is 1. The minimum atomic E-state index is -0.211.